The highest BCUT2D eigenvalue weighted by Crippen LogP contribution is 1.96. The topological polar surface area (TPSA) is 41.2 Å². The van der Waals surface area contributed by atoms with Gasteiger partial charge in [0.2, 0.25) is 0 Å². The lowest BCUT2D eigenvalue weighted by Gasteiger charge is -1.97. The molecule has 0 radical (unpaired) electrons. The van der Waals surface area contributed by atoms with E-state index in [2.05, 4.69) is 6.92 Å². The Morgan fingerprint density at radius 1 is 1.50 bits per heavy atom. The number of aromatic nitrogens is 1. The highest BCUT2D eigenvalue weighted by atomic mass is 16.4. The first-order valence-electron chi connectivity index (χ1n) is 4.96. The van der Waals surface area contributed by atoms with Crippen LogP contribution in [0.2, 0.25) is 0 Å². The van der Waals surface area contributed by atoms with Crippen molar-refractivity contribution in [2.75, 3.05) is 0 Å². The van der Waals surface area contributed by atoms with Crippen molar-refractivity contribution in [3.05, 3.63) is 30.1 Å². The van der Waals surface area contributed by atoms with Crippen molar-refractivity contribution in [1.82, 2.24) is 0 Å². The van der Waals surface area contributed by atoms with E-state index in [0.29, 0.717) is 5.56 Å². The normalized spacial score (nSPS) is 10.1. The number of nitrogens with zero attached hydrogens (tertiary/aromatic N) is 1. The number of carboxylic acids is 1. The van der Waals surface area contributed by atoms with Gasteiger partial charge in [0.05, 0.1) is 0 Å². The third kappa shape index (κ3) is 3.17. The molecule has 3 heteroatoms. The number of hydrogen-bond donors (Lipinski definition) is 1. The van der Waals surface area contributed by atoms with Crippen molar-refractivity contribution >= 4 is 5.97 Å². The molecule has 0 saturated heterocycles. The van der Waals surface area contributed by atoms with Crippen molar-refractivity contribution in [1.29, 1.82) is 0 Å². The van der Waals surface area contributed by atoms with Crippen LogP contribution in [0.25, 0.3) is 0 Å². The second-order valence-electron chi connectivity index (χ2n) is 3.34. The van der Waals surface area contributed by atoms with Crippen LogP contribution in [-0.4, -0.2) is 11.1 Å². The predicted molar refractivity (Wildman–Crippen MR) is 53.1 cm³/mol. The monoisotopic (exact) mass is 194 g/mol. The Balaban J connectivity index is 2.59. The molecule has 3 nitrogen and oxygen atoms in total. The van der Waals surface area contributed by atoms with Crippen LogP contribution in [0, 0.1) is 0 Å². The lowest BCUT2D eigenvalue weighted by atomic mass is 10.2. The number of carbonyl (C=O) groups is 1. The zero-order valence-corrected chi connectivity index (χ0v) is 8.44. The molecule has 0 saturated carbocycles. The first-order valence-corrected chi connectivity index (χ1v) is 4.96. The van der Waals surface area contributed by atoms with E-state index in [1.165, 1.54) is 12.8 Å². The standard InChI is InChI=1S/C11H15NO2/c1-2-3-4-7-12-8-5-6-10(9-12)11(13)14/h5-6,8-9H,2-4,7H2,1H3/p+1. The van der Waals surface area contributed by atoms with Crippen molar-refractivity contribution in [2.24, 2.45) is 0 Å². The molecule has 1 aromatic heterocycles. The summed E-state index contributed by atoms with van der Waals surface area (Å²) >= 11 is 0. The third-order valence-corrected chi connectivity index (χ3v) is 2.13. The van der Waals surface area contributed by atoms with Gasteiger partial charge in [-0.15, -0.1) is 0 Å². The minimum Gasteiger partial charge on any atom is -0.477 e. The molecule has 76 valence electrons. The second kappa shape index (κ2) is 5.37. The van der Waals surface area contributed by atoms with Gasteiger partial charge in [0.25, 0.3) is 0 Å². The summed E-state index contributed by atoms with van der Waals surface area (Å²) in [6, 6.07) is 3.38. The molecule has 0 unspecified atom stereocenters. The van der Waals surface area contributed by atoms with Crippen molar-refractivity contribution < 1.29 is 14.5 Å². The van der Waals surface area contributed by atoms with Gasteiger partial charge in [0.1, 0.15) is 12.1 Å². The molecule has 1 aromatic rings. The molecular formula is C11H16NO2+. The van der Waals surface area contributed by atoms with Crippen LogP contribution in [0.3, 0.4) is 0 Å². The molecule has 0 amide bonds. The summed E-state index contributed by atoms with van der Waals surface area (Å²) < 4.78 is 1.93. The number of carboxylic acid groups (broad SMARTS) is 1. The Morgan fingerprint density at radius 3 is 2.93 bits per heavy atom. The van der Waals surface area contributed by atoms with E-state index in [0.717, 1.165) is 13.0 Å². The SMILES string of the molecule is CCCCC[n+]1cccc(C(=O)O)c1. The predicted octanol–water partition coefficient (Wildman–Crippen LogP) is 1.86. The lowest BCUT2D eigenvalue weighted by molar-refractivity contribution is -0.697. The maximum Gasteiger partial charge on any atom is 0.341 e. The third-order valence-electron chi connectivity index (χ3n) is 2.13. The lowest BCUT2D eigenvalue weighted by Crippen LogP contribution is -2.33. The van der Waals surface area contributed by atoms with Crippen LogP contribution in [0.4, 0.5) is 0 Å². The van der Waals surface area contributed by atoms with Crippen LogP contribution in [0.5, 0.6) is 0 Å². The van der Waals surface area contributed by atoms with Gasteiger partial charge in [-0.3, -0.25) is 0 Å². The minimum atomic E-state index is -0.866. The fourth-order valence-electron chi connectivity index (χ4n) is 1.33. The first kappa shape index (κ1) is 10.7. The highest BCUT2D eigenvalue weighted by Gasteiger charge is 2.07. The van der Waals surface area contributed by atoms with E-state index in [1.54, 1.807) is 18.3 Å². The van der Waals surface area contributed by atoms with Gasteiger partial charge < -0.3 is 5.11 Å². The van der Waals surface area contributed by atoms with E-state index in [1.807, 2.05) is 10.8 Å². The van der Waals surface area contributed by atoms with Gasteiger partial charge in [0, 0.05) is 12.5 Å². The Bertz CT molecular complexity index is 310. The molecule has 0 spiro atoms. The fourth-order valence-corrected chi connectivity index (χ4v) is 1.33. The van der Waals surface area contributed by atoms with E-state index >= 15 is 0 Å². The van der Waals surface area contributed by atoms with E-state index in [9.17, 15) is 4.79 Å². The number of pyridine rings is 1. The van der Waals surface area contributed by atoms with Crippen molar-refractivity contribution in [3.63, 3.8) is 0 Å². The summed E-state index contributed by atoms with van der Waals surface area (Å²) in [6.07, 6.45) is 7.05. The number of unbranched alkanes of at least 4 members (excludes halogenated alkanes) is 2. The van der Waals surface area contributed by atoms with Gasteiger partial charge in [-0.05, 0) is 12.5 Å². The molecule has 0 atom stereocenters. The molecule has 0 aliphatic carbocycles. The molecule has 14 heavy (non-hydrogen) atoms. The molecule has 0 bridgehead atoms. The van der Waals surface area contributed by atoms with Crippen molar-refractivity contribution in [2.45, 2.75) is 32.7 Å². The summed E-state index contributed by atoms with van der Waals surface area (Å²) in [4.78, 5) is 10.7. The number of rotatable bonds is 5. The number of aromatic carboxylic acids is 1. The molecule has 0 aliphatic heterocycles. The van der Waals surface area contributed by atoms with Crippen molar-refractivity contribution in [3.8, 4) is 0 Å². The Labute approximate surface area is 84.0 Å². The summed E-state index contributed by atoms with van der Waals surface area (Å²) in [5.41, 5.74) is 0.351. The van der Waals surface area contributed by atoms with E-state index in [-0.39, 0.29) is 0 Å². The highest BCUT2D eigenvalue weighted by molar-refractivity contribution is 5.86. The second-order valence-corrected chi connectivity index (χ2v) is 3.34. The molecule has 1 N–H and O–H groups in total. The molecule has 0 fully saturated rings. The Morgan fingerprint density at radius 2 is 2.29 bits per heavy atom. The molecule has 0 aromatic carbocycles. The summed E-state index contributed by atoms with van der Waals surface area (Å²) in [5, 5.41) is 8.77. The first-order chi connectivity index (χ1) is 6.74. The van der Waals surface area contributed by atoms with Crippen LogP contribution >= 0.6 is 0 Å². The fraction of sp³-hybridized carbons (Fsp3) is 0.455. The summed E-state index contributed by atoms with van der Waals surface area (Å²) in [6.45, 7) is 3.05. The zero-order chi connectivity index (χ0) is 10.4. The van der Waals surface area contributed by atoms with E-state index in [4.69, 9.17) is 5.11 Å². The minimum absolute atomic E-state index is 0.351. The maximum atomic E-state index is 10.7. The molecule has 1 rings (SSSR count). The van der Waals surface area contributed by atoms with Crippen LogP contribution in [0.15, 0.2) is 24.5 Å². The maximum absolute atomic E-state index is 10.7. The van der Waals surface area contributed by atoms with Gasteiger partial charge in [-0.2, -0.15) is 0 Å². The zero-order valence-electron chi connectivity index (χ0n) is 8.44. The summed E-state index contributed by atoms with van der Waals surface area (Å²) in [5.74, 6) is -0.866. The average molecular weight is 194 g/mol. The number of aryl methyl sites for hydroxylation is 1. The molecule has 1 heterocycles. The van der Waals surface area contributed by atoms with Gasteiger partial charge in [0.15, 0.2) is 12.4 Å². The Kier molecular flexibility index (Phi) is 4.11. The smallest absolute Gasteiger partial charge is 0.341 e. The van der Waals surface area contributed by atoms with Crippen LogP contribution < -0.4 is 4.57 Å². The molecule has 0 aliphatic rings. The van der Waals surface area contributed by atoms with Crippen LogP contribution in [0.1, 0.15) is 36.5 Å². The Hall–Kier alpha value is -1.38. The quantitative estimate of drug-likeness (QED) is 0.574. The average Bonchev–Trinajstić information content (AvgIpc) is 2.19. The van der Waals surface area contributed by atoms with Gasteiger partial charge in [-0.1, -0.05) is 13.3 Å². The van der Waals surface area contributed by atoms with Gasteiger partial charge in [-0.25, -0.2) is 9.36 Å². The largest absolute Gasteiger partial charge is 0.477 e. The number of hydrogen-bond acceptors (Lipinski definition) is 1. The van der Waals surface area contributed by atoms with E-state index < -0.39 is 5.97 Å². The summed E-state index contributed by atoms with van der Waals surface area (Å²) in [7, 11) is 0. The molecular weight excluding hydrogens is 178 g/mol. The van der Waals surface area contributed by atoms with Gasteiger partial charge >= 0.3 is 5.97 Å². The van der Waals surface area contributed by atoms with Crippen LogP contribution in [-0.2, 0) is 6.54 Å².